The molecule has 2 amide bonds. The number of nitrogens with one attached hydrogen (secondary N) is 2. The topological polar surface area (TPSA) is 70.7 Å². The standard InChI is InChI=1S/C24H22F3N3O3/c1-30-12-23(13-30)11-15(18-6-4-16(24(25,26)27)9-20(18)33-23)8-22(32)28-17-5-2-14-3-7-21(31)29-19(14)10-17/h2,4-6,8-10H,3,7,11-13H2,1H3,(H,28,32)(H,29,31)/b15-8+. The first-order valence-corrected chi connectivity index (χ1v) is 10.6. The van der Waals surface area contributed by atoms with E-state index in [0.717, 1.165) is 17.7 Å². The summed E-state index contributed by atoms with van der Waals surface area (Å²) in [5.74, 6) is -0.330. The van der Waals surface area contributed by atoms with Crippen LogP contribution in [0.2, 0.25) is 0 Å². The van der Waals surface area contributed by atoms with Crippen LogP contribution in [-0.2, 0) is 22.2 Å². The molecule has 0 radical (unpaired) electrons. The minimum atomic E-state index is -4.48. The Morgan fingerprint density at radius 3 is 2.70 bits per heavy atom. The van der Waals surface area contributed by atoms with Gasteiger partial charge in [0.15, 0.2) is 0 Å². The lowest BCUT2D eigenvalue weighted by atomic mass is 9.81. The molecule has 2 aromatic carbocycles. The number of benzene rings is 2. The Morgan fingerprint density at radius 1 is 1.18 bits per heavy atom. The third kappa shape index (κ3) is 4.20. The third-order valence-corrected chi connectivity index (χ3v) is 6.19. The number of halogens is 3. The Hall–Kier alpha value is -3.33. The van der Waals surface area contributed by atoms with Gasteiger partial charge in [-0.05, 0) is 48.9 Å². The van der Waals surface area contributed by atoms with Gasteiger partial charge < -0.3 is 15.4 Å². The number of alkyl halides is 3. The maximum absolute atomic E-state index is 13.2. The van der Waals surface area contributed by atoms with Gasteiger partial charge in [0.05, 0.1) is 5.56 Å². The summed E-state index contributed by atoms with van der Waals surface area (Å²) in [6.45, 7) is 1.12. The Labute approximate surface area is 188 Å². The van der Waals surface area contributed by atoms with Gasteiger partial charge in [-0.2, -0.15) is 13.2 Å². The van der Waals surface area contributed by atoms with Gasteiger partial charge in [0.1, 0.15) is 11.4 Å². The molecular weight excluding hydrogens is 435 g/mol. The summed E-state index contributed by atoms with van der Waals surface area (Å²) in [6.07, 6.45) is -1.56. The van der Waals surface area contributed by atoms with E-state index in [-0.39, 0.29) is 11.7 Å². The Bertz CT molecular complexity index is 1180. The first-order chi connectivity index (χ1) is 15.6. The Kier molecular flexibility index (Phi) is 4.97. The minimum absolute atomic E-state index is 0.0686. The zero-order valence-corrected chi connectivity index (χ0v) is 17.9. The lowest BCUT2D eigenvalue weighted by Crippen LogP contribution is -2.64. The fourth-order valence-corrected chi connectivity index (χ4v) is 4.79. The van der Waals surface area contributed by atoms with Crippen LogP contribution in [0.1, 0.15) is 29.5 Å². The summed E-state index contributed by atoms with van der Waals surface area (Å²) < 4.78 is 45.7. The number of nitrogens with zero attached hydrogens (tertiary/aromatic N) is 1. The van der Waals surface area contributed by atoms with Crippen molar-refractivity contribution in [2.45, 2.75) is 31.0 Å². The molecule has 2 N–H and O–H groups in total. The predicted octanol–water partition coefficient (Wildman–Crippen LogP) is 4.08. The molecule has 172 valence electrons. The van der Waals surface area contributed by atoms with Gasteiger partial charge in [-0.25, -0.2) is 0 Å². The van der Waals surface area contributed by atoms with E-state index in [0.29, 0.717) is 54.9 Å². The van der Waals surface area contributed by atoms with E-state index in [9.17, 15) is 22.8 Å². The number of likely N-dealkylation sites (tertiary alicyclic amines) is 1. The summed E-state index contributed by atoms with van der Waals surface area (Å²) in [4.78, 5) is 26.5. The monoisotopic (exact) mass is 457 g/mol. The summed E-state index contributed by atoms with van der Waals surface area (Å²) in [6, 6.07) is 8.71. The number of anilines is 2. The first kappa shape index (κ1) is 21.5. The second kappa shape index (κ2) is 7.62. The number of carbonyl (C=O) groups excluding carboxylic acids is 2. The van der Waals surface area contributed by atoms with Crippen molar-refractivity contribution in [3.05, 3.63) is 59.2 Å². The van der Waals surface area contributed by atoms with Crippen LogP contribution in [-0.4, -0.2) is 42.5 Å². The number of hydrogen-bond acceptors (Lipinski definition) is 4. The maximum Gasteiger partial charge on any atom is 0.416 e. The molecule has 0 aliphatic carbocycles. The molecule has 0 unspecified atom stereocenters. The highest BCUT2D eigenvalue weighted by Gasteiger charge is 2.47. The van der Waals surface area contributed by atoms with Gasteiger partial charge in [-0.3, -0.25) is 14.5 Å². The van der Waals surface area contributed by atoms with Crippen molar-refractivity contribution in [1.82, 2.24) is 4.90 Å². The highest BCUT2D eigenvalue weighted by atomic mass is 19.4. The SMILES string of the molecule is CN1CC2(C/C(=C\C(=O)Nc3ccc4c(c3)NC(=O)CC4)c3ccc(C(F)(F)F)cc3O2)C1. The molecule has 1 fully saturated rings. The predicted molar refractivity (Wildman–Crippen MR) is 117 cm³/mol. The largest absolute Gasteiger partial charge is 0.484 e. The van der Waals surface area contributed by atoms with E-state index in [2.05, 4.69) is 10.6 Å². The van der Waals surface area contributed by atoms with E-state index in [4.69, 9.17) is 4.74 Å². The average molecular weight is 457 g/mol. The van der Waals surface area contributed by atoms with Crippen molar-refractivity contribution in [3.63, 3.8) is 0 Å². The number of rotatable bonds is 2. The van der Waals surface area contributed by atoms with Gasteiger partial charge in [-0.15, -0.1) is 0 Å². The molecule has 1 saturated heterocycles. The summed E-state index contributed by atoms with van der Waals surface area (Å²) >= 11 is 0. The quantitative estimate of drug-likeness (QED) is 0.667. The molecule has 33 heavy (non-hydrogen) atoms. The Balaban J connectivity index is 1.43. The molecule has 3 heterocycles. The molecule has 9 heteroatoms. The maximum atomic E-state index is 13.2. The molecule has 3 aliphatic heterocycles. The zero-order chi connectivity index (χ0) is 23.4. The normalized spacial score (nSPS) is 20.4. The van der Waals surface area contributed by atoms with Crippen molar-refractivity contribution in [2.75, 3.05) is 30.8 Å². The van der Waals surface area contributed by atoms with Crippen LogP contribution < -0.4 is 15.4 Å². The molecule has 0 saturated carbocycles. The number of amides is 2. The van der Waals surface area contributed by atoms with Gasteiger partial charge in [0.2, 0.25) is 11.8 Å². The van der Waals surface area contributed by atoms with Crippen LogP contribution >= 0.6 is 0 Å². The van der Waals surface area contributed by atoms with Crippen molar-refractivity contribution >= 4 is 28.8 Å². The second-order valence-electron chi connectivity index (χ2n) is 8.92. The van der Waals surface area contributed by atoms with Gasteiger partial charge in [-0.1, -0.05) is 12.1 Å². The van der Waals surface area contributed by atoms with Crippen LogP contribution in [0.15, 0.2) is 42.5 Å². The van der Waals surface area contributed by atoms with Crippen molar-refractivity contribution in [2.24, 2.45) is 0 Å². The Morgan fingerprint density at radius 2 is 1.97 bits per heavy atom. The van der Waals surface area contributed by atoms with Crippen molar-refractivity contribution in [1.29, 1.82) is 0 Å². The summed E-state index contributed by atoms with van der Waals surface area (Å²) in [5.41, 5.74) is 1.87. The smallest absolute Gasteiger partial charge is 0.416 e. The van der Waals surface area contributed by atoms with Gasteiger partial charge in [0.25, 0.3) is 0 Å². The van der Waals surface area contributed by atoms with E-state index in [1.807, 2.05) is 18.0 Å². The van der Waals surface area contributed by atoms with Gasteiger partial charge >= 0.3 is 6.18 Å². The van der Waals surface area contributed by atoms with E-state index < -0.39 is 23.2 Å². The highest BCUT2D eigenvalue weighted by molar-refractivity contribution is 6.05. The lowest BCUT2D eigenvalue weighted by Gasteiger charge is -2.51. The number of likely N-dealkylation sites (N-methyl/N-ethyl adjacent to an activating group) is 1. The first-order valence-electron chi connectivity index (χ1n) is 10.6. The molecule has 5 rings (SSSR count). The number of carbonyl (C=O) groups is 2. The van der Waals surface area contributed by atoms with E-state index in [1.165, 1.54) is 12.1 Å². The molecule has 2 aromatic rings. The fraction of sp³-hybridized carbons (Fsp3) is 0.333. The van der Waals surface area contributed by atoms with Crippen molar-refractivity contribution < 1.29 is 27.5 Å². The van der Waals surface area contributed by atoms with Crippen LogP contribution in [0.25, 0.3) is 5.57 Å². The van der Waals surface area contributed by atoms with Crippen LogP contribution in [0.4, 0.5) is 24.5 Å². The third-order valence-electron chi connectivity index (χ3n) is 6.19. The number of hydrogen-bond donors (Lipinski definition) is 2. The van der Waals surface area contributed by atoms with E-state index in [1.54, 1.807) is 12.1 Å². The molecular formula is C24H22F3N3O3. The molecule has 3 aliphatic rings. The fourth-order valence-electron chi connectivity index (χ4n) is 4.79. The molecule has 0 aromatic heterocycles. The number of fused-ring (bicyclic) bond motifs is 2. The lowest BCUT2D eigenvalue weighted by molar-refractivity contribution is -0.138. The molecule has 0 atom stereocenters. The number of aryl methyl sites for hydroxylation is 1. The minimum Gasteiger partial charge on any atom is -0.484 e. The summed E-state index contributed by atoms with van der Waals surface area (Å²) in [7, 11) is 1.90. The highest BCUT2D eigenvalue weighted by Crippen LogP contribution is 2.46. The molecule has 0 bridgehead atoms. The van der Waals surface area contributed by atoms with E-state index >= 15 is 0 Å². The van der Waals surface area contributed by atoms with Crippen molar-refractivity contribution in [3.8, 4) is 5.75 Å². The molecule has 1 spiro atoms. The van der Waals surface area contributed by atoms with Crippen LogP contribution in [0.5, 0.6) is 5.75 Å². The second-order valence-corrected chi connectivity index (χ2v) is 8.92. The van der Waals surface area contributed by atoms with Crippen LogP contribution in [0, 0.1) is 0 Å². The molecule has 6 nitrogen and oxygen atoms in total. The van der Waals surface area contributed by atoms with Crippen LogP contribution in [0.3, 0.4) is 0 Å². The summed E-state index contributed by atoms with van der Waals surface area (Å²) in [5, 5.41) is 5.59. The van der Waals surface area contributed by atoms with Gasteiger partial charge in [0, 0.05) is 48.9 Å². The number of ether oxygens (including phenoxy) is 1. The average Bonchev–Trinajstić information content (AvgIpc) is 2.71. The zero-order valence-electron chi connectivity index (χ0n) is 17.9.